The van der Waals surface area contributed by atoms with E-state index in [9.17, 15) is 40.5 Å². The van der Waals surface area contributed by atoms with E-state index in [0.717, 1.165) is 44.4 Å². The summed E-state index contributed by atoms with van der Waals surface area (Å²) in [5, 5.41) is 75.5. The fraction of sp³-hybridized carbons (Fsp3) is 0.977. The number of nitrogens with one attached hydrogen (secondary N) is 1. The van der Waals surface area contributed by atoms with Crippen LogP contribution < -0.4 is 5.32 Å². The Hall–Kier alpha value is -0.890. The molecule has 0 aliphatic carbocycles. The molecular weight excluding hydrogens is 702 g/mol. The van der Waals surface area contributed by atoms with Gasteiger partial charge in [0.25, 0.3) is 0 Å². The Morgan fingerprint density at radius 1 is 0.600 bits per heavy atom. The van der Waals surface area contributed by atoms with Crippen molar-refractivity contribution in [3.8, 4) is 0 Å². The average molecular weight is 790 g/mol. The molecule has 1 aliphatic rings. The zero-order chi connectivity index (χ0) is 40.7. The lowest BCUT2D eigenvalue weighted by Gasteiger charge is -2.40. The van der Waals surface area contributed by atoms with Crippen molar-refractivity contribution < 1.29 is 50.0 Å². The van der Waals surface area contributed by atoms with Gasteiger partial charge >= 0.3 is 0 Å². The topological polar surface area (TPSA) is 189 Å². The number of carbonyl (C=O) groups is 1. The van der Waals surface area contributed by atoms with Crippen molar-refractivity contribution in [2.24, 2.45) is 5.92 Å². The van der Waals surface area contributed by atoms with Crippen LogP contribution in [0.25, 0.3) is 0 Å². The van der Waals surface area contributed by atoms with Crippen molar-refractivity contribution in [2.45, 2.75) is 256 Å². The van der Waals surface area contributed by atoms with Crippen LogP contribution in [0.5, 0.6) is 0 Å². The van der Waals surface area contributed by atoms with Gasteiger partial charge < -0.3 is 50.5 Å². The van der Waals surface area contributed by atoms with E-state index in [-0.39, 0.29) is 6.42 Å². The fourth-order valence-corrected chi connectivity index (χ4v) is 7.51. The number of ether oxygens (including phenoxy) is 2. The third-order valence-electron chi connectivity index (χ3n) is 11.3. The lowest BCUT2D eigenvalue weighted by atomic mass is 9.98. The molecule has 1 aliphatic heterocycles. The lowest BCUT2D eigenvalue weighted by Crippen LogP contribution is -2.60. The van der Waals surface area contributed by atoms with Gasteiger partial charge in [-0.3, -0.25) is 4.79 Å². The van der Waals surface area contributed by atoms with Crippen LogP contribution in [-0.2, 0) is 14.3 Å². The molecule has 0 aromatic rings. The first-order valence-electron chi connectivity index (χ1n) is 22.8. The first-order valence-corrected chi connectivity index (χ1v) is 22.8. The quantitative estimate of drug-likeness (QED) is 0.0306. The normalized spacial score (nSPS) is 22.5. The molecule has 1 fully saturated rings. The van der Waals surface area contributed by atoms with E-state index < -0.39 is 74.2 Å². The van der Waals surface area contributed by atoms with Crippen molar-refractivity contribution in [3.63, 3.8) is 0 Å². The van der Waals surface area contributed by atoms with Crippen LogP contribution in [0.4, 0.5) is 0 Å². The van der Waals surface area contributed by atoms with E-state index >= 15 is 0 Å². The summed E-state index contributed by atoms with van der Waals surface area (Å²) in [6.45, 7) is 5.69. The van der Waals surface area contributed by atoms with Crippen LogP contribution in [-0.4, -0.2) is 110 Å². The molecular formula is C44H87NO10. The standard InChI is InChI=1S/C44H87NO10/c1-4-5-6-7-8-9-10-11-12-13-14-15-16-17-18-21-25-28-31-37(48)43(53)45-35(33-54-44-42(52)41(51)40(50)38(32-46)55-44)39(49)36(47)30-27-24-22-19-20-23-26-29-34(2)3/h34-42,44,46-52H,4-33H2,1-3H3,(H,45,53)/t35-,36+,37+,38+,39-,40-,41-,42+,44+/m0/s1. The number of hydrogen-bond donors (Lipinski definition) is 8. The summed E-state index contributed by atoms with van der Waals surface area (Å²) < 4.78 is 11.1. The molecule has 1 rings (SSSR count). The van der Waals surface area contributed by atoms with E-state index in [1.807, 2.05) is 0 Å². The average Bonchev–Trinajstić information content (AvgIpc) is 3.17. The second-order valence-electron chi connectivity index (χ2n) is 17.0. The van der Waals surface area contributed by atoms with Crippen LogP contribution in [0.1, 0.15) is 201 Å². The lowest BCUT2D eigenvalue weighted by molar-refractivity contribution is -0.303. The Morgan fingerprint density at radius 2 is 1.02 bits per heavy atom. The molecule has 0 unspecified atom stereocenters. The van der Waals surface area contributed by atoms with Crippen molar-refractivity contribution in [3.05, 3.63) is 0 Å². The van der Waals surface area contributed by atoms with Gasteiger partial charge in [0.15, 0.2) is 6.29 Å². The van der Waals surface area contributed by atoms with Crippen molar-refractivity contribution >= 4 is 5.91 Å². The number of amides is 1. The predicted molar refractivity (Wildman–Crippen MR) is 219 cm³/mol. The third kappa shape index (κ3) is 25.3. The first kappa shape index (κ1) is 52.1. The summed E-state index contributed by atoms with van der Waals surface area (Å²) in [5.74, 6) is 0.0314. The highest BCUT2D eigenvalue weighted by Crippen LogP contribution is 2.23. The molecule has 0 aromatic heterocycles. The summed E-state index contributed by atoms with van der Waals surface area (Å²) in [5.41, 5.74) is 0. The molecule has 0 radical (unpaired) electrons. The Balaban J connectivity index is 2.42. The summed E-state index contributed by atoms with van der Waals surface area (Å²) in [6, 6.07) is -1.16. The highest BCUT2D eigenvalue weighted by atomic mass is 16.7. The minimum absolute atomic E-state index is 0.265. The van der Waals surface area contributed by atoms with Gasteiger partial charge in [-0.25, -0.2) is 0 Å². The first-order chi connectivity index (χ1) is 26.5. The fourth-order valence-electron chi connectivity index (χ4n) is 7.51. The number of aliphatic hydroxyl groups excluding tert-OH is 7. The van der Waals surface area contributed by atoms with E-state index in [1.165, 1.54) is 116 Å². The van der Waals surface area contributed by atoms with Gasteiger partial charge in [0.2, 0.25) is 5.91 Å². The number of aliphatic hydroxyl groups is 7. The molecule has 1 amide bonds. The third-order valence-corrected chi connectivity index (χ3v) is 11.3. The molecule has 11 nitrogen and oxygen atoms in total. The smallest absolute Gasteiger partial charge is 0.249 e. The van der Waals surface area contributed by atoms with Gasteiger partial charge in [-0.2, -0.15) is 0 Å². The van der Waals surface area contributed by atoms with Crippen LogP contribution in [0.3, 0.4) is 0 Å². The molecule has 11 heteroatoms. The van der Waals surface area contributed by atoms with Gasteiger partial charge in [-0.05, 0) is 18.8 Å². The molecule has 0 spiro atoms. The summed E-state index contributed by atoms with van der Waals surface area (Å²) in [4.78, 5) is 13.1. The molecule has 0 bridgehead atoms. The summed E-state index contributed by atoms with van der Waals surface area (Å²) in [7, 11) is 0. The monoisotopic (exact) mass is 790 g/mol. The van der Waals surface area contributed by atoms with Crippen molar-refractivity contribution in [2.75, 3.05) is 13.2 Å². The zero-order valence-electron chi connectivity index (χ0n) is 35.3. The van der Waals surface area contributed by atoms with Crippen molar-refractivity contribution in [1.82, 2.24) is 5.32 Å². The second-order valence-corrected chi connectivity index (χ2v) is 17.0. The maximum Gasteiger partial charge on any atom is 0.249 e. The highest BCUT2D eigenvalue weighted by Gasteiger charge is 2.44. The van der Waals surface area contributed by atoms with Crippen LogP contribution >= 0.6 is 0 Å². The minimum Gasteiger partial charge on any atom is -0.394 e. The van der Waals surface area contributed by atoms with E-state index in [2.05, 4.69) is 26.1 Å². The van der Waals surface area contributed by atoms with E-state index in [1.54, 1.807) is 0 Å². The summed E-state index contributed by atoms with van der Waals surface area (Å²) in [6.07, 6.45) is 20.4. The maximum atomic E-state index is 13.1. The van der Waals surface area contributed by atoms with E-state index in [0.29, 0.717) is 19.3 Å². The highest BCUT2D eigenvalue weighted by molar-refractivity contribution is 5.80. The summed E-state index contributed by atoms with van der Waals surface area (Å²) >= 11 is 0. The Morgan fingerprint density at radius 3 is 1.45 bits per heavy atom. The number of carbonyl (C=O) groups excluding carboxylic acids is 1. The molecule has 0 saturated carbocycles. The van der Waals surface area contributed by atoms with Crippen LogP contribution in [0.2, 0.25) is 0 Å². The SMILES string of the molecule is CCCCCCCCCCCCCCCCCCCC[C@@H](O)C(=O)N[C@@H](CO[C@@H]1O[C@H](CO)[C@H](O)[C@H](O)[C@H]1O)[C@H](O)[C@H](O)CCCCCCCCCC(C)C. The number of hydrogen-bond acceptors (Lipinski definition) is 10. The largest absolute Gasteiger partial charge is 0.394 e. The van der Waals surface area contributed by atoms with Crippen molar-refractivity contribution in [1.29, 1.82) is 0 Å². The van der Waals surface area contributed by atoms with Gasteiger partial charge in [-0.1, -0.05) is 188 Å². The number of unbranched alkanes of at least 4 members (excludes halogenated alkanes) is 23. The molecule has 328 valence electrons. The van der Waals surface area contributed by atoms with Crippen LogP contribution in [0, 0.1) is 5.92 Å². The molecule has 1 saturated heterocycles. The molecule has 9 atom stereocenters. The number of rotatable bonds is 37. The Labute approximate surface area is 335 Å². The van der Waals surface area contributed by atoms with Crippen LogP contribution in [0.15, 0.2) is 0 Å². The Bertz CT molecular complexity index is 880. The molecule has 55 heavy (non-hydrogen) atoms. The molecule has 0 aromatic carbocycles. The Kier molecular flexibility index (Phi) is 32.2. The van der Waals surface area contributed by atoms with Gasteiger partial charge in [0.1, 0.15) is 36.6 Å². The zero-order valence-corrected chi connectivity index (χ0v) is 35.3. The maximum absolute atomic E-state index is 13.1. The van der Waals surface area contributed by atoms with Gasteiger partial charge in [-0.15, -0.1) is 0 Å². The molecule has 8 N–H and O–H groups in total. The predicted octanol–water partition coefficient (Wildman–Crippen LogP) is 6.97. The minimum atomic E-state index is -1.66. The van der Waals surface area contributed by atoms with Gasteiger partial charge in [0, 0.05) is 0 Å². The molecule has 1 heterocycles. The van der Waals surface area contributed by atoms with Gasteiger partial charge in [0.05, 0.1) is 25.4 Å². The van der Waals surface area contributed by atoms with E-state index in [4.69, 9.17) is 9.47 Å². The second kappa shape index (κ2) is 34.0.